The van der Waals surface area contributed by atoms with E-state index in [0.717, 1.165) is 30.1 Å². The van der Waals surface area contributed by atoms with Crippen LogP contribution in [0.5, 0.6) is 11.5 Å². The highest BCUT2D eigenvalue weighted by atomic mass is 16.6. The molecule has 0 bridgehead atoms. The Labute approximate surface area is 121 Å². The van der Waals surface area contributed by atoms with Crippen LogP contribution in [0, 0.1) is 0 Å². The minimum Gasteiger partial charge on any atom is -0.491 e. The fourth-order valence-corrected chi connectivity index (χ4v) is 1.45. The molecule has 0 amide bonds. The summed E-state index contributed by atoms with van der Waals surface area (Å²) < 4.78 is 11.4. The summed E-state index contributed by atoms with van der Waals surface area (Å²) >= 11 is 0. The molecule has 0 heterocycles. The van der Waals surface area contributed by atoms with Crippen molar-refractivity contribution in [3.63, 3.8) is 0 Å². The molecule has 0 aliphatic heterocycles. The van der Waals surface area contributed by atoms with Crippen LogP contribution in [-0.2, 0) is 4.84 Å². The van der Waals surface area contributed by atoms with Gasteiger partial charge in [0, 0.05) is 0 Å². The number of oxime groups is 1. The second-order valence-corrected chi connectivity index (χ2v) is 4.53. The fraction of sp³-hybridized carbons (Fsp3) is 0.562. The molecule has 0 aliphatic carbocycles. The first-order valence-corrected chi connectivity index (χ1v) is 7.26. The SMILES string of the molecule is CCO/N=C(/CC)COc1ccc(OC(C)CC)cc1. The lowest BCUT2D eigenvalue weighted by molar-refractivity contribution is 0.156. The third kappa shape index (κ3) is 5.95. The lowest BCUT2D eigenvalue weighted by Crippen LogP contribution is -2.11. The van der Waals surface area contributed by atoms with E-state index in [4.69, 9.17) is 14.3 Å². The monoisotopic (exact) mass is 279 g/mol. The number of rotatable bonds is 9. The van der Waals surface area contributed by atoms with Crippen LogP contribution in [0.4, 0.5) is 0 Å². The molecule has 1 atom stereocenters. The zero-order valence-electron chi connectivity index (χ0n) is 12.9. The van der Waals surface area contributed by atoms with Crippen molar-refractivity contribution in [1.29, 1.82) is 0 Å². The first-order chi connectivity index (χ1) is 9.69. The molecule has 1 unspecified atom stereocenters. The Morgan fingerprint density at radius 3 is 2.30 bits per heavy atom. The highest BCUT2D eigenvalue weighted by Gasteiger charge is 2.03. The van der Waals surface area contributed by atoms with Gasteiger partial charge in [0.05, 0.1) is 11.8 Å². The summed E-state index contributed by atoms with van der Waals surface area (Å²) in [6.45, 7) is 9.12. The largest absolute Gasteiger partial charge is 0.491 e. The lowest BCUT2D eigenvalue weighted by Gasteiger charge is -2.13. The number of ether oxygens (including phenoxy) is 2. The second-order valence-electron chi connectivity index (χ2n) is 4.53. The van der Waals surface area contributed by atoms with E-state index in [1.165, 1.54) is 0 Å². The summed E-state index contributed by atoms with van der Waals surface area (Å²) in [5, 5.41) is 4.01. The average Bonchev–Trinajstić information content (AvgIpc) is 2.49. The van der Waals surface area contributed by atoms with Gasteiger partial charge in [-0.25, -0.2) is 0 Å². The minimum atomic E-state index is 0.229. The lowest BCUT2D eigenvalue weighted by atomic mass is 10.3. The van der Waals surface area contributed by atoms with Gasteiger partial charge >= 0.3 is 0 Å². The second kappa shape index (κ2) is 9.23. The van der Waals surface area contributed by atoms with Crippen LogP contribution in [-0.4, -0.2) is 25.0 Å². The molecule has 0 radical (unpaired) electrons. The van der Waals surface area contributed by atoms with Crippen molar-refractivity contribution in [3.8, 4) is 11.5 Å². The van der Waals surface area contributed by atoms with Crippen LogP contribution in [0.2, 0.25) is 0 Å². The fourth-order valence-electron chi connectivity index (χ4n) is 1.45. The Morgan fingerprint density at radius 2 is 1.75 bits per heavy atom. The molecule has 0 N–H and O–H groups in total. The predicted octanol–water partition coefficient (Wildman–Crippen LogP) is 4.05. The summed E-state index contributed by atoms with van der Waals surface area (Å²) in [5.41, 5.74) is 0.895. The molecular formula is C16H25NO3. The van der Waals surface area contributed by atoms with E-state index < -0.39 is 0 Å². The predicted molar refractivity (Wildman–Crippen MR) is 81.7 cm³/mol. The molecule has 1 aromatic carbocycles. The number of nitrogens with zero attached hydrogens (tertiary/aromatic N) is 1. The van der Waals surface area contributed by atoms with Gasteiger partial charge in [-0.2, -0.15) is 0 Å². The van der Waals surface area contributed by atoms with Crippen molar-refractivity contribution in [2.45, 2.75) is 46.6 Å². The van der Waals surface area contributed by atoms with Gasteiger partial charge < -0.3 is 14.3 Å². The summed E-state index contributed by atoms with van der Waals surface area (Å²) in [6.07, 6.45) is 2.04. The van der Waals surface area contributed by atoms with E-state index in [9.17, 15) is 0 Å². The zero-order chi connectivity index (χ0) is 14.8. The van der Waals surface area contributed by atoms with E-state index >= 15 is 0 Å². The molecule has 1 rings (SSSR count). The van der Waals surface area contributed by atoms with Gasteiger partial charge in [0.25, 0.3) is 0 Å². The highest BCUT2D eigenvalue weighted by Crippen LogP contribution is 2.19. The summed E-state index contributed by atoms with van der Waals surface area (Å²) in [5.74, 6) is 1.67. The molecule has 1 aromatic rings. The normalized spacial score (nSPS) is 12.9. The molecule has 4 heteroatoms. The van der Waals surface area contributed by atoms with Crippen molar-refractivity contribution in [3.05, 3.63) is 24.3 Å². The third-order valence-electron chi connectivity index (χ3n) is 2.87. The van der Waals surface area contributed by atoms with Crippen molar-refractivity contribution in [2.75, 3.05) is 13.2 Å². The maximum Gasteiger partial charge on any atom is 0.130 e. The van der Waals surface area contributed by atoms with Gasteiger partial charge in [0.15, 0.2) is 0 Å². The van der Waals surface area contributed by atoms with Gasteiger partial charge in [-0.05, 0) is 51.0 Å². The Morgan fingerprint density at radius 1 is 1.10 bits per heavy atom. The zero-order valence-corrected chi connectivity index (χ0v) is 12.9. The Kier molecular flexibility index (Phi) is 7.55. The topological polar surface area (TPSA) is 40.0 Å². The first kappa shape index (κ1) is 16.3. The smallest absolute Gasteiger partial charge is 0.130 e. The standard InChI is InChI=1S/C16H25NO3/c1-5-13(4)20-16-10-8-15(9-11-16)18-12-14(6-2)17-19-7-3/h8-11,13H,5-7,12H2,1-4H3/b17-14-. The van der Waals surface area contributed by atoms with Crippen LogP contribution < -0.4 is 9.47 Å². The Balaban J connectivity index is 2.48. The third-order valence-corrected chi connectivity index (χ3v) is 2.87. The highest BCUT2D eigenvalue weighted by molar-refractivity contribution is 5.85. The maximum atomic E-state index is 5.72. The molecule has 0 aliphatic rings. The molecule has 0 spiro atoms. The number of hydrogen-bond acceptors (Lipinski definition) is 4. The van der Waals surface area contributed by atoms with Crippen molar-refractivity contribution in [2.24, 2.45) is 5.16 Å². The van der Waals surface area contributed by atoms with E-state index in [-0.39, 0.29) is 6.10 Å². The van der Waals surface area contributed by atoms with E-state index in [1.807, 2.05) is 38.1 Å². The quantitative estimate of drug-likeness (QED) is 0.506. The molecule has 0 fully saturated rings. The molecule has 0 saturated carbocycles. The number of hydrogen-bond donors (Lipinski definition) is 0. The van der Waals surface area contributed by atoms with E-state index in [1.54, 1.807) is 0 Å². The minimum absolute atomic E-state index is 0.229. The average molecular weight is 279 g/mol. The van der Waals surface area contributed by atoms with Crippen molar-refractivity contribution in [1.82, 2.24) is 0 Å². The molecule has 20 heavy (non-hydrogen) atoms. The molecule has 0 saturated heterocycles. The van der Waals surface area contributed by atoms with E-state index in [2.05, 4.69) is 19.0 Å². The first-order valence-electron chi connectivity index (χ1n) is 7.26. The maximum absolute atomic E-state index is 5.72. The van der Waals surface area contributed by atoms with Crippen LogP contribution in [0.3, 0.4) is 0 Å². The summed E-state index contributed by atoms with van der Waals surface area (Å²) in [7, 11) is 0. The van der Waals surface area contributed by atoms with Gasteiger partial charge in [-0.3, -0.25) is 0 Å². The van der Waals surface area contributed by atoms with Crippen LogP contribution in [0.15, 0.2) is 29.4 Å². The molecule has 4 nitrogen and oxygen atoms in total. The molecular weight excluding hydrogens is 254 g/mol. The van der Waals surface area contributed by atoms with Crippen LogP contribution in [0.25, 0.3) is 0 Å². The Bertz CT molecular complexity index is 401. The van der Waals surface area contributed by atoms with Crippen LogP contribution >= 0.6 is 0 Å². The summed E-state index contributed by atoms with van der Waals surface area (Å²) in [4.78, 5) is 5.04. The Hall–Kier alpha value is -1.71. The molecule has 112 valence electrons. The van der Waals surface area contributed by atoms with Crippen molar-refractivity contribution >= 4 is 5.71 Å². The molecule has 0 aromatic heterocycles. The summed E-state index contributed by atoms with van der Waals surface area (Å²) in [6, 6.07) is 7.66. The number of benzene rings is 1. The van der Waals surface area contributed by atoms with E-state index in [0.29, 0.717) is 13.2 Å². The van der Waals surface area contributed by atoms with Gasteiger partial charge in [0.2, 0.25) is 0 Å². The van der Waals surface area contributed by atoms with Crippen LogP contribution in [0.1, 0.15) is 40.5 Å². The van der Waals surface area contributed by atoms with Gasteiger partial charge in [-0.1, -0.05) is 19.0 Å². The van der Waals surface area contributed by atoms with Crippen molar-refractivity contribution < 1.29 is 14.3 Å². The van der Waals surface area contributed by atoms with Gasteiger partial charge in [0.1, 0.15) is 24.7 Å². The van der Waals surface area contributed by atoms with Gasteiger partial charge in [-0.15, -0.1) is 0 Å².